The maximum atomic E-state index is 6.05. The van der Waals surface area contributed by atoms with Crippen molar-refractivity contribution in [3.8, 4) is 0 Å². The average Bonchev–Trinajstić information content (AvgIpc) is 2.65. The van der Waals surface area contributed by atoms with Crippen molar-refractivity contribution in [2.24, 2.45) is 5.73 Å². The number of hydrogen-bond donors (Lipinski definition) is 1. The van der Waals surface area contributed by atoms with Gasteiger partial charge in [-0.2, -0.15) is 0 Å². The fourth-order valence-electron chi connectivity index (χ4n) is 2.59. The van der Waals surface area contributed by atoms with E-state index >= 15 is 0 Å². The standard InChI is InChI=1S/C14H22N2O/c1-16(13-6-3-2-4-7-13)14(12-15)8-5-10-17-11-9-14/h2-4,6-7H,5,8-12,15H2,1H3. The Hall–Kier alpha value is -1.06. The molecule has 0 aromatic heterocycles. The second-order valence-corrected chi connectivity index (χ2v) is 4.79. The summed E-state index contributed by atoms with van der Waals surface area (Å²) in [6.45, 7) is 2.36. The lowest BCUT2D eigenvalue weighted by Gasteiger charge is -2.42. The van der Waals surface area contributed by atoms with Crippen LogP contribution in [0, 0.1) is 0 Å². The van der Waals surface area contributed by atoms with Crippen LogP contribution in [0.3, 0.4) is 0 Å². The molecule has 0 radical (unpaired) electrons. The predicted octanol–water partition coefficient (Wildman–Crippen LogP) is 2.02. The highest BCUT2D eigenvalue weighted by Crippen LogP contribution is 2.30. The quantitative estimate of drug-likeness (QED) is 0.869. The normalized spacial score (nSPS) is 25.3. The van der Waals surface area contributed by atoms with Gasteiger partial charge in [-0.1, -0.05) is 18.2 Å². The van der Waals surface area contributed by atoms with Gasteiger partial charge in [-0.25, -0.2) is 0 Å². The first kappa shape index (κ1) is 12.4. The lowest BCUT2D eigenvalue weighted by molar-refractivity contribution is 0.139. The highest BCUT2D eigenvalue weighted by atomic mass is 16.5. The molecule has 1 aliphatic rings. The minimum absolute atomic E-state index is 0.0534. The smallest absolute Gasteiger partial charge is 0.0543 e. The largest absolute Gasteiger partial charge is 0.381 e. The van der Waals surface area contributed by atoms with Gasteiger partial charge in [-0.15, -0.1) is 0 Å². The zero-order valence-corrected chi connectivity index (χ0v) is 10.6. The SMILES string of the molecule is CN(c1ccccc1)C1(CN)CCCOCC1. The molecule has 2 N–H and O–H groups in total. The van der Waals surface area contributed by atoms with Crippen LogP contribution in [0.25, 0.3) is 0 Å². The number of anilines is 1. The molecule has 94 valence electrons. The summed E-state index contributed by atoms with van der Waals surface area (Å²) >= 11 is 0. The third-order valence-electron chi connectivity index (χ3n) is 3.88. The predicted molar refractivity (Wildman–Crippen MR) is 71.3 cm³/mol. The molecule has 0 bridgehead atoms. The molecular formula is C14H22N2O. The van der Waals surface area contributed by atoms with Crippen LogP contribution in [0.4, 0.5) is 5.69 Å². The number of rotatable bonds is 3. The fourth-order valence-corrected chi connectivity index (χ4v) is 2.59. The van der Waals surface area contributed by atoms with Crippen LogP contribution >= 0.6 is 0 Å². The number of para-hydroxylation sites is 1. The van der Waals surface area contributed by atoms with Gasteiger partial charge in [0, 0.05) is 32.5 Å². The van der Waals surface area contributed by atoms with Crippen LogP contribution in [-0.2, 0) is 4.74 Å². The fraction of sp³-hybridized carbons (Fsp3) is 0.571. The van der Waals surface area contributed by atoms with Crippen LogP contribution in [0.15, 0.2) is 30.3 Å². The molecule has 1 atom stereocenters. The summed E-state index contributed by atoms with van der Waals surface area (Å²) in [7, 11) is 2.15. The first-order chi connectivity index (χ1) is 8.28. The highest BCUT2D eigenvalue weighted by molar-refractivity contribution is 5.48. The molecule has 1 aliphatic heterocycles. The monoisotopic (exact) mass is 234 g/mol. The summed E-state index contributed by atoms with van der Waals surface area (Å²) < 4.78 is 5.56. The highest BCUT2D eigenvalue weighted by Gasteiger charge is 2.34. The van der Waals surface area contributed by atoms with Crippen molar-refractivity contribution in [2.75, 3.05) is 31.7 Å². The topological polar surface area (TPSA) is 38.5 Å². The molecule has 1 unspecified atom stereocenters. The van der Waals surface area contributed by atoms with E-state index in [1.165, 1.54) is 5.69 Å². The molecule has 0 saturated carbocycles. The van der Waals surface area contributed by atoms with E-state index in [0.29, 0.717) is 6.54 Å². The number of likely N-dealkylation sites (N-methyl/N-ethyl adjacent to an activating group) is 1. The van der Waals surface area contributed by atoms with Crippen LogP contribution in [0.2, 0.25) is 0 Å². The number of benzene rings is 1. The molecule has 17 heavy (non-hydrogen) atoms. The number of nitrogens with zero attached hydrogens (tertiary/aromatic N) is 1. The van der Waals surface area contributed by atoms with E-state index in [0.717, 1.165) is 32.5 Å². The molecule has 1 fully saturated rings. The molecule has 3 heteroatoms. The van der Waals surface area contributed by atoms with Gasteiger partial charge in [0.2, 0.25) is 0 Å². The molecule has 3 nitrogen and oxygen atoms in total. The van der Waals surface area contributed by atoms with Crippen molar-refractivity contribution >= 4 is 5.69 Å². The lowest BCUT2D eigenvalue weighted by atomic mass is 9.88. The van der Waals surface area contributed by atoms with Crippen LogP contribution < -0.4 is 10.6 Å². The Kier molecular flexibility index (Phi) is 4.02. The zero-order chi connectivity index (χ0) is 12.1. The number of ether oxygens (including phenoxy) is 1. The van der Waals surface area contributed by atoms with E-state index in [-0.39, 0.29) is 5.54 Å². The third-order valence-corrected chi connectivity index (χ3v) is 3.88. The molecule has 0 aliphatic carbocycles. The van der Waals surface area contributed by atoms with Gasteiger partial charge in [0.15, 0.2) is 0 Å². The molecule has 1 aromatic carbocycles. The van der Waals surface area contributed by atoms with Gasteiger partial charge in [-0.3, -0.25) is 0 Å². The average molecular weight is 234 g/mol. The van der Waals surface area contributed by atoms with E-state index in [1.807, 2.05) is 6.07 Å². The Bertz CT molecular complexity index is 331. The van der Waals surface area contributed by atoms with Gasteiger partial charge in [0.25, 0.3) is 0 Å². The summed E-state index contributed by atoms with van der Waals surface area (Å²) in [5, 5.41) is 0. The van der Waals surface area contributed by atoms with E-state index in [9.17, 15) is 0 Å². The van der Waals surface area contributed by atoms with Crippen LogP contribution in [0.1, 0.15) is 19.3 Å². The summed E-state index contributed by atoms with van der Waals surface area (Å²) in [6, 6.07) is 10.5. The van der Waals surface area contributed by atoms with Gasteiger partial charge in [-0.05, 0) is 31.4 Å². The van der Waals surface area contributed by atoms with E-state index in [4.69, 9.17) is 10.5 Å². The molecule has 1 aromatic rings. The minimum Gasteiger partial charge on any atom is -0.381 e. The molecule has 2 rings (SSSR count). The van der Waals surface area contributed by atoms with Gasteiger partial charge >= 0.3 is 0 Å². The first-order valence-corrected chi connectivity index (χ1v) is 6.35. The Morgan fingerprint density at radius 3 is 2.71 bits per heavy atom. The summed E-state index contributed by atoms with van der Waals surface area (Å²) in [6.07, 6.45) is 3.21. The van der Waals surface area contributed by atoms with E-state index < -0.39 is 0 Å². The minimum atomic E-state index is 0.0534. The van der Waals surface area contributed by atoms with Crippen molar-refractivity contribution in [3.63, 3.8) is 0 Å². The Labute approximate surface area is 104 Å². The maximum Gasteiger partial charge on any atom is 0.0543 e. The van der Waals surface area contributed by atoms with Crippen LogP contribution in [0.5, 0.6) is 0 Å². The zero-order valence-electron chi connectivity index (χ0n) is 10.6. The van der Waals surface area contributed by atoms with Gasteiger partial charge in [0.1, 0.15) is 0 Å². The van der Waals surface area contributed by atoms with Crippen molar-refractivity contribution in [1.29, 1.82) is 0 Å². The van der Waals surface area contributed by atoms with Crippen LogP contribution in [-0.4, -0.2) is 32.3 Å². The first-order valence-electron chi connectivity index (χ1n) is 6.35. The van der Waals surface area contributed by atoms with Crippen molar-refractivity contribution in [2.45, 2.75) is 24.8 Å². The Morgan fingerprint density at radius 2 is 2.00 bits per heavy atom. The molecule has 0 amide bonds. The Balaban J connectivity index is 2.21. The van der Waals surface area contributed by atoms with Crippen molar-refractivity contribution in [1.82, 2.24) is 0 Å². The molecular weight excluding hydrogens is 212 g/mol. The van der Waals surface area contributed by atoms with E-state index in [2.05, 4.69) is 36.2 Å². The second-order valence-electron chi connectivity index (χ2n) is 4.79. The summed E-state index contributed by atoms with van der Waals surface area (Å²) in [5.74, 6) is 0. The van der Waals surface area contributed by atoms with Gasteiger partial charge in [0.05, 0.1) is 5.54 Å². The molecule has 1 saturated heterocycles. The van der Waals surface area contributed by atoms with E-state index in [1.54, 1.807) is 0 Å². The number of nitrogens with two attached hydrogens (primary N) is 1. The summed E-state index contributed by atoms with van der Waals surface area (Å²) in [4.78, 5) is 2.34. The Morgan fingerprint density at radius 1 is 1.24 bits per heavy atom. The molecule has 1 heterocycles. The maximum absolute atomic E-state index is 6.05. The third kappa shape index (κ3) is 2.61. The second kappa shape index (κ2) is 5.52. The lowest BCUT2D eigenvalue weighted by Crippen LogP contribution is -2.52. The van der Waals surface area contributed by atoms with Crippen molar-refractivity contribution < 1.29 is 4.74 Å². The van der Waals surface area contributed by atoms with Gasteiger partial charge < -0.3 is 15.4 Å². The number of hydrogen-bond acceptors (Lipinski definition) is 3. The van der Waals surface area contributed by atoms with Crippen molar-refractivity contribution in [3.05, 3.63) is 30.3 Å². The summed E-state index contributed by atoms with van der Waals surface area (Å²) in [5.41, 5.74) is 7.34. The molecule has 0 spiro atoms.